The van der Waals surface area contributed by atoms with Gasteiger partial charge in [0.2, 0.25) is 5.91 Å². The van der Waals surface area contributed by atoms with Crippen LogP contribution in [-0.2, 0) is 4.79 Å². The van der Waals surface area contributed by atoms with Crippen molar-refractivity contribution in [1.29, 1.82) is 0 Å². The van der Waals surface area contributed by atoms with Crippen molar-refractivity contribution in [2.75, 3.05) is 33.3 Å². The van der Waals surface area contributed by atoms with Gasteiger partial charge in [0.25, 0.3) is 5.91 Å². The summed E-state index contributed by atoms with van der Waals surface area (Å²) in [7, 11) is 1.71. The molecule has 2 amide bonds. The van der Waals surface area contributed by atoms with Crippen molar-refractivity contribution in [3.8, 4) is 0 Å². The highest BCUT2D eigenvalue weighted by Crippen LogP contribution is 2.40. The molecule has 1 aliphatic heterocycles. The second-order valence-corrected chi connectivity index (χ2v) is 8.90. The first-order chi connectivity index (χ1) is 13.6. The molecule has 2 fully saturated rings. The van der Waals surface area contributed by atoms with Crippen LogP contribution in [0.15, 0.2) is 18.3 Å². The molecule has 1 saturated heterocycles. The van der Waals surface area contributed by atoms with Gasteiger partial charge in [0.1, 0.15) is 4.83 Å². The van der Waals surface area contributed by atoms with Gasteiger partial charge >= 0.3 is 0 Å². The summed E-state index contributed by atoms with van der Waals surface area (Å²) in [5, 5.41) is 10.2. The van der Waals surface area contributed by atoms with E-state index in [0.29, 0.717) is 23.9 Å². The predicted octanol–water partition coefficient (Wildman–Crippen LogP) is 2.87. The predicted molar refractivity (Wildman–Crippen MR) is 110 cm³/mol. The van der Waals surface area contributed by atoms with Gasteiger partial charge in [-0.1, -0.05) is 18.9 Å². The smallest absolute Gasteiger partial charge is 0.264 e. The minimum Gasteiger partial charge on any atom is -0.395 e. The van der Waals surface area contributed by atoms with E-state index in [2.05, 4.69) is 4.98 Å². The van der Waals surface area contributed by atoms with Gasteiger partial charge in [-0.25, -0.2) is 4.98 Å². The number of nitrogens with zero attached hydrogens (tertiary/aromatic N) is 3. The number of aliphatic hydroxyl groups excluding tert-OH is 1. The Morgan fingerprint density at radius 2 is 2.11 bits per heavy atom. The highest BCUT2D eigenvalue weighted by Gasteiger charge is 2.36. The van der Waals surface area contributed by atoms with Gasteiger partial charge in [0.15, 0.2) is 0 Å². The van der Waals surface area contributed by atoms with E-state index in [1.165, 1.54) is 11.3 Å². The van der Waals surface area contributed by atoms with E-state index in [4.69, 9.17) is 0 Å². The number of pyridine rings is 1. The molecule has 0 radical (unpaired) electrons. The van der Waals surface area contributed by atoms with Crippen LogP contribution in [0.4, 0.5) is 0 Å². The third kappa shape index (κ3) is 3.53. The molecule has 2 aliphatic rings. The standard InChI is InChI=1S/C21H27N3O3S/c1-23(11-12-25)21(27)18-17(16-7-4-9-22-19(16)28-18)15-8-10-24(13-15)20(26)14-5-2-3-6-14/h4,7,9,14-15,25H,2-3,5-6,8,10-13H2,1H3/t15-/m0/s1. The number of hydrogen-bond acceptors (Lipinski definition) is 5. The van der Waals surface area contributed by atoms with Crippen molar-refractivity contribution in [2.24, 2.45) is 5.92 Å². The topological polar surface area (TPSA) is 73.7 Å². The van der Waals surface area contributed by atoms with Crippen molar-refractivity contribution >= 4 is 33.4 Å². The molecule has 4 rings (SSSR count). The van der Waals surface area contributed by atoms with Gasteiger partial charge in [-0.2, -0.15) is 0 Å². The van der Waals surface area contributed by atoms with Crippen LogP contribution < -0.4 is 0 Å². The van der Waals surface area contributed by atoms with Crippen molar-refractivity contribution in [1.82, 2.24) is 14.8 Å². The number of carbonyl (C=O) groups is 2. The molecule has 1 aliphatic carbocycles. The summed E-state index contributed by atoms with van der Waals surface area (Å²) in [6.07, 6.45) is 6.97. The lowest BCUT2D eigenvalue weighted by Crippen LogP contribution is -2.33. The third-order valence-electron chi connectivity index (χ3n) is 6.09. The SMILES string of the molecule is CN(CCO)C(=O)c1sc2ncccc2c1[C@H]1CCN(C(=O)C2CCCC2)C1. The fourth-order valence-corrected chi connectivity index (χ4v) is 5.79. The van der Waals surface area contributed by atoms with Crippen LogP contribution in [0.1, 0.15) is 53.3 Å². The maximum absolute atomic E-state index is 13.0. The summed E-state index contributed by atoms with van der Waals surface area (Å²) in [5.41, 5.74) is 1.03. The first-order valence-corrected chi connectivity index (χ1v) is 10.9. The number of aromatic nitrogens is 1. The van der Waals surface area contributed by atoms with Gasteiger partial charge in [0.05, 0.1) is 11.5 Å². The molecule has 1 N–H and O–H groups in total. The molecular weight excluding hydrogens is 374 g/mol. The fraction of sp³-hybridized carbons (Fsp3) is 0.571. The maximum atomic E-state index is 13.0. The summed E-state index contributed by atoms with van der Waals surface area (Å²) < 4.78 is 0. The van der Waals surface area contributed by atoms with Crippen LogP contribution in [0.2, 0.25) is 0 Å². The molecule has 6 nitrogen and oxygen atoms in total. The van der Waals surface area contributed by atoms with Crippen molar-refractivity contribution in [3.05, 3.63) is 28.8 Å². The summed E-state index contributed by atoms with van der Waals surface area (Å²) in [5.74, 6) is 0.566. The lowest BCUT2D eigenvalue weighted by Gasteiger charge is -2.21. The minimum absolute atomic E-state index is 0.0617. The maximum Gasteiger partial charge on any atom is 0.264 e. The third-order valence-corrected chi connectivity index (χ3v) is 7.21. The molecular formula is C21H27N3O3S. The largest absolute Gasteiger partial charge is 0.395 e. The van der Waals surface area contributed by atoms with Crippen LogP contribution in [0.25, 0.3) is 10.2 Å². The van der Waals surface area contributed by atoms with Crippen molar-refractivity contribution < 1.29 is 14.7 Å². The Morgan fingerprint density at radius 1 is 1.32 bits per heavy atom. The molecule has 7 heteroatoms. The summed E-state index contributed by atoms with van der Waals surface area (Å²) >= 11 is 1.42. The number of likely N-dealkylation sites (N-methyl/N-ethyl adjacent to an activating group) is 1. The van der Waals surface area contributed by atoms with Gasteiger partial charge in [-0.3, -0.25) is 9.59 Å². The number of carbonyl (C=O) groups excluding carboxylic acids is 2. The first kappa shape index (κ1) is 19.3. The van der Waals surface area contributed by atoms with Crippen LogP contribution in [0.5, 0.6) is 0 Å². The highest BCUT2D eigenvalue weighted by atomic mass is 32.1. The lowest BCUT2D eigenvalue weighted by molar-refractivity contribution is -0.134. The van der Waals surface area contributed by atoms with Crippen molar-refractivity contribution in [2.45, 2.75) is 38.0 Å². The zero-order valence-electron chi connectivity index (χ0n) is 16.3. The number of thiophene rings is 1. The van der Waals surface area contributed by atoms with Crippen LogP contribution in [0, 0.1) is 5.92 Å². The number of aliphatic hydroxyl groups is 1. The Balaban J connectivity index is 1.63. The molecule has 2 aromatic rings. The average molecular weight is 402 g/mol. The molecule has 0 unspecified atom stereocenters. The Kier molecular flexibility index (Phi) is 5.64. The Labute approximate surface area is 169 Å². The van der Waals surface area contributed by atoms with E-state index in [9.17, 15) is 14.7 Å². The molecule has 1 atom stereocenters. The zero-order chi connectivity index (χ0) is 19.7. The molecule has 150 valence electrons. The van der Waals surface area contributed by atoms with Gasteiger partial charge in [-0.05, 0) is 30.9 Å². The second kappa shape index (κ2) is 8.17. The van der Waals surface area contributed by atoms with Gasteiger partial charge < -0.3 is 14.9 Å². The monoisotopic (exact) mass is 401 g/mol. The molecule has 28 heavy (non-hydrogen) atoms. The number of amides is 2. The highest BCUT2D eigenvalue weighted by molar-refractivity contribution is 7.20. The zero-order valence-corrected chi connectivity index (χ0v) is 17.1. The van der Waals surface area contributed by atoms with Crippen LogP contribution in [0.3, 0.4) is 0 Å². The molecule has 1 saturated carbocycles. The second-order valence-electron chi connectivity index (χ2n) is 7.90. The molecule has 0 spiro atoms. The van der Waals surface area contributed by atoms with Gasteiger partial charge in [0, 0.05) is 50.1 Å². The Hall–Kier alpha value is -1.99. The van der Waals surface area contributed by atoms with E-state index < -0.39 is 0 Å². The van der Waals surface area contributed by atoms with E-state index in [0.717, 1.165) is 54.4 Å². The first-order valence-electron chi connectivity index (χ1n) is 10.1. The normalized spacial score (nSPS) is 20.2. The molecule has 3 heterocycles. The summed E-state index contributed by atoms with van der Waals surface area (Å²) in [4.78, 5) is 35.5. The average Bonchev–Trinajstić information content (AvgIpc) is 3.45. The Bertz CT molecular complexity index is 875. The quantitative estimate of drug-likeness (QED) is 0.836. The number of hydrogen-bond donors (Lipinski definition) is 1. The number of rotatable bonds is 5. The van der Waals surface area contributed by atoms with E-state index >= 15 is 0 Å². The number of likely N-dealkylation sites (tertiary alicyclic amines) is 1. The summed E-state index contributed by atoms with van der Waals surface area (Å²) in [6.45, 7) is 1.68. The Morgan fingerprint density at radius 3 is 2.86 bits per heavy atom. The van der Waals surface area contributed by atoms with Crippen LogP contribution >= 0.6 is 11.3 Å². The van der Waals surface area contributed by atoms with Crippen molar-refractivity contribution in [3.63, 3.8) is 0 Å². The molecule has 0 bridgehead atoms. The number of fused-ring (bicyclic) bond motifs is 1. The van der Waals surface area contributed by atoms with E-state index in [-0.39, 0.29) is 24.3 Å². The van der Waals surface area contributed by atoms with E-state index in [1.807, 2.05) is 17.0 Å². The molecule has 0 aromatic carbocycles. The van der Waals surface area contributed by atoms with E-state index in [1.54, 1.807) is 18.1 Å². The lowest BCUT2D eigenvalue weighted by atomic mass is 9.95. The van der Waals surface area contributed by atoms with Gasteiger partial charge in [-0.15, -0.1) is 11.3 Å². The summed E-state index contributed by atoms with van der Waals surface area (Å²) in [6, 6.07) is 3.93. The van der Waals surface area contributed by atoms with Crippen LogP contribution in [-0.4, -0.2) is 65.0 Å². The minimum atomic E-state index is -0.0763. The fourth-order valence-electron chi connectivity index (χ4n) is 4.57. The molecule has 2 aromatic heterocycles.